The van der Waals surface area contributed by atoms with Gasteiger partial charge in [0.05, 0.1) is 6.04 Å². The summed E-state index contributed by atoms with van der Waals surface area (Å²) < 4.78 is 15.1. The van der Waals surface area contributed by atoms with Crippen LogP contribution in [0.15, 0.2) is 55.0 Å². The van der Waals surface area contributed by atoms with Gasteiger partial charge in [-0.3, -0.25) is 14.3 Å². The smallest absolute Gasteiger partial charge is 0.270 e. The lowest BCUT2D eigenvalue weighted by atomic mass is 10.1. The van der Waals surface area contributed by atoms with Crippen molar-refractivity contribution in [2.24, 2.45) is 0 Å². The normalized spacial score (nSPS) is 11.9. The lowest BCUT2D eigenvalue weighted by Gasteiger charge is -2.15. The Kier molecular flexibility index (Phi) is 4.52. The van der Waals surface area contributed by atoms with E-state index >= 15 is 0 Å². The standard InChI is InChI=1S/C17H15FN4OS/c1-11(12-3-2-8-19-9-12)21-16(23)15-10-20-17(24)22(15)14-6-4-13(18)5-7-14/h2-11H,1H3,(H,20,24)(H,21,23). The van der Waals surface area contributed by atoms with Crippen molar-refractivity contribution in [2.45, 2.75) is 13.0 Å². The van der Waals surface area contributed by atoms with Crippen molar-refractivity contribution >= 4 is 18.1 Å². The third-order valence-electron chi connectivity index (χ3n) is 3.63. The Morgan fingerprint density at radius 3 is 2.75 bits per heavy atom. The molecule has 3 aromatic rings. The Morgan fingerprint density at radius 2 is 2.08 bits per heavy atom. The van der Waals surface area contributed by atoms with Crippen molar-refractivity contribution in [1.29, 1.82) is 0 Å². The Labute approximate surface area is 143 Å². The van der Waals surface area contributed by atoms with Crippen LogP contribution in [0.5, 0.6) is 0 Å². The maximum atomic E-state index is 13.1. The molecule has 24 heavy (non-hydrogen) atoms. The highest BCUT2D eigenvalue weighted by Crippen LogP contribution is 2.16. The molecule has 0 radical (unpaired) electrons. The Hall–Kier alpha value is -2.80. The molecule has 3 rings (SSSR count). The van der Waals surface area contributed by atoms with Crippen molar-refractivity contribution in [3.63, 3.8) is 0 Å². The van der Waals surface area contributed by atoms with E-state index in [1.165, 1.54) is 18.3 Å². The quantitative estimate of drug-likeness (QED) is 0.713. The fourth-order valence-electron chi connectivity index (χ4n) is 2.37. The highest BCUT2D eigenvalue weighted by molar-refractivity contribution is 7.71. The average molecular weight is 342 g/mol. The molecule has 7 heteroatoms. The first-order valence-electron chi connectivity index (χ1n) is 7.33. The number of carbonyl (C=O) groups is 1. The van der Waals surface area contributed by atoms with E-state index in [-0.39, 0.29) is 17.8 Å². The number of H-pyrrole nitrogens is 1. The molecule has 1 amide bonds. The van der Waals surface area contributed by atoms with Crippen LogP contribution in [0.2, 0.25) is 0 Å². The number of carbonyl (C=O) groups excluding carboxylic acids is 1. The zero-order valence-corrected chi connectivity index (χ0v) is 13.7. The molecule has 0 saturated carbocycles. The van der Waals surface area contributed by atoms with Gasteiger partial charge < -0.3 is 10.3 Å². The zero-order chi connectivity index (χ0) is 17.1. The summed E-state index contributed by atoms with van der Waals surface area (Å²) in [6.45, 7) is 1.87. The lowest BCUT2D eigenvalue weighted by molar-refractivity contribution is 0.0933. The van der Waals surface area contributed by atoms with Crippen LogP contribution < -0.4 is 5.32 Å². The second kappa shape index (κ2) is 6.76. The molecule has 5 nitrogen and oxygen atoms in total. The predicted molar refractivity (Wildman–Crippen MR) is 91.0 cm³/mol. The second-order valence-corrected chi connectivity index (χ2v) is 5.66. The molecule has 1 aromatic carbocycles. The predicted octanol–water partition coefficient (Wildman–Crippen LogP) is 3.56. The number of imidazole rings is 1. The van der Waals surface area contributed by atoms with Gasteiger partial charge in [0.25, 0.3) is 5.91 Å². The van der Waals surface area contributed by atoms with Gasteiger partial charge in [0.1, 0.15) is 11.5 Å². The minimum atomic E-state index is -0.350. The van der Waals surface area contributed by atoms with E-state index < -0.39 is 0 Å². The maximum absolute atomic E-state index is 13.1. The summed E-state index contributed by atoms with van der Waals surface area (Å²) >= 11 is 5.24. The fraction of sp³-hybridized carbons (Fsp3) is 0.118. The van der Waals surface area contributed by atoms with Crippen LogP contribution in [0.1, 0.15) is 29.0 Å². The van der Waals surface area contributed by atoms with Gasteiger partial charge in [0.2, 0.25) is 0 Å². The molecule has 0 spiro atoms. The molecule has 0 saturated heterocycles. The maximum Gasteiger partial charge on any atom is 0.270 e. The summed E-state index contributed by atoms with van der Waals surface area (Å²) in [5, 5.41) is 2.91. The molecule has 122 valence electrons. The third kappa shape index (κ3) is 3.26. The van der Waals surface area contributed by atoms with Crippen molar-refractivity contribution in [3.05, 3.63) is 76.8 Å². The number of nitrogens with zero attached hydrogens (tertiary/aromatic N) is 2. The monoisotopic (exact) mass is 342 g/mol. The third-order valence-corrected chi connectivity index (χ3v) is 3.93. The van der Waals surface area contributed by atoms with Crippen molar-refractivity contribution < 1.29 is 9.18 Å². The zero-order valence-electron chi connectivity index (χ0n) is 12.9. The number of rotatable bonds is 4. The van der Waals surface area contributed by atoms with Crippen molar-refractivity contribution in [3.8, 4) is 5.69 Å². The first kappa shape index (κ1) is 16.1. The number of hydrogen-bond donors (Lipinski definition) is 2. The minimum absolute atomic E-state index is 0.212. The van der Waals surface area contributed by atoms with Gasteiger partial charge in [0.15, 0.2) is 4.77 Å². The Bertz CT molecular complexity index is 902. The highest BCUT2D eigenvalue weighted by atomic mass is 32.1. The summed E-state index contributed by atoms with van der Waals surface area (Å²) in [4.78, 5) is 19.5. The van der Waals surface area contributed by atoms with Gasteiger partial charge in [-0.05, 0) is 55.0 Å². The average Bonchev–Trinajstić information content (AvgIpc) is 2.98. The van der Waals surface area contributed by atoms with E-state index in [9.17, 15) is 9.18 Å². The van der Waals surface area contributed by atoms with Crippen LogP contribution in [0.25, 0.3) is 5.69 Å². The molecule has 1 unspecified atom stereocenters. The van der Waals surface area contributed by atoms with Crippen LogP contribution >= 0.6 is 12.2 Å². The molecule has 0 aliphatic rings. The van der Waals surface area contributed by atoms with Gasteiger partial charge in [-0.1, -0.05) is 6.07 Å². The first-order chi connectivity index (χ1) is 11.6. The number of benzene rings is 1. The van der Waals surface area contributed by atoms with Crippen molar-refractivity contribution in [1.82, 2.24) is 19.9 Å². The number of amides is 1. The van der Waals surface area contributed by atoms with Gasteiger partial charge in [-0.2, -0.15) is 0 Å². The molecule has 0 aliphatic heterocycles. The summed E-state index contributed by atoms with van der Waals surface area (Å²) in [7, 11) is 0. The number of aromatic nitrogens is 3. The van der Waals surface area contributed by atoms with E-state index in [0.29, 0.717) is 16.2 Å². The van der Waals surface area contributed by atoms with Gasteiger partial charge >= 0.3 is 0 Å². The minimum Gasteiger partial charge on any atom is -0.344 e. The number of aromatic amines is 1. The van der Waals surface area contributed by atoms with Gasteiger partial charge in [-0.25, -0.2) is 4.39 Å². The van der Waals surface area contributed by atoms with E-state index in [2.05, 4.69) is 15.3 Å². The summed E-state index contributed by atoms with van der Waals surface area (Å²) in [6.07, 6.45) is 4.92. The second-order valence-electron chi connectivity index (χ2n) is 5.27. The van der Waals surface area contributed by atoms with Crippen LogP contribution in [0.3, 0.4) is 0 Å². The van der Waals surface area contributed by atoms with E-state index in [1.807, 2.05) is 19.1 Å². The molecular weight excluding hydrogens is 327 g/mol. The summed E-state index contributed by atoms with van der Waals surface area (Å²) in [5.41, 5.74) is 1.86. The van der Waals surface area contributed by atoms with Crippen LogP contribution in [-0.4, -0.2) is 20.4 Å². The Balaban J connectivity index is 1.89. The molecule has 2 aromatic heterocycles. The largest absolute Gasteiger partial charge is 0.344 e. The Morgan fingerprint density at radius 1 is 1.33 bits per heavy atom. The summed E-state index contributed by atoms with van der Waals surface area (Å²) in [5.74, 6) is -0.639. The number of pyridine rings is 1. The van der Waals surface area contributed by atoms with Gasteiger partial charge in [-0.15, -0.1) is 0 Å². The van der Waals surface area contributed by atoms with Crippen molar-refractivity contribution in [2.75, 3.05) is 0 Å². The molecule has 2 N–H and O–H groups in total. The molecule has 2 heterocycles. The van der Waals surface area contributed by atoms with Crippen LogP contribution in [0, 0.1) is 10.6 Å². The topological polar surface area (TPSA) is 62.7 Å². The number of halogens is 1. The van der Waals surface area contributed by atoms with Crippen LogP contribution in [0.4, 0.5) is 4.39 Å². The van der Waals surface area contributed by atoms with E-state index in [4.69, 9.17) is 12.2 Å². The van der Waals surface area contributed by atoms with E-state index in [1.54, 1.807) is 29.1 Å². The number of nitrogens with one attached hydrogen (secondary N) is 2. The summed E-state index contributed by atoms with van der Waals surface area (Å²) in [6, 6.07) is 9.28. The fourth-order valence-corrected chi connectivity index (χ4v) is 2.63. The lowest BCUT2D eigenvalue weighted by Crippen LogP contribution is -2.28. The molecule has 0 aliphatic carbocycles. The highest BCUT2D eigenvalue weighted by Gasteiger charge is 2.17. The van der Waals surface area contributed by atoms with Crippen LogP contribution in [-0.2, 0) is 0 Å². The molecule has 0 fully saturated rings. The van der Waals surface area contributed by atoms with Gasteiger partial charge in [0, 0.05) is 24.3 Å². The first-order valence-corrected chi connectivity index (χ1v) is 7.74. The van der Waals surface area contributed by atoms with E-state index in [0.717, 1.165) is 5.56 Å². The SMILES string of the molecule is CC(NC(=O)c1c[nH]c(=S)n1-c1ccc(F)cc1)c1cccnc1. The molecule has 1 atom stereocenters. The number of hydrogen-bond acceptors (Lipinski definition) is 3. The molecule has 0 bridgehead atoms. The molecular formula is C17H15FN4OS.